The monoisotopic (exact) mass is 269 g/mol. The standard InChI is InChI=1S/C16H31NO2/c1-4-7-8-9-10-11-12-13-14-15(19-14)16(18)17(5-2)6-3/h14-15H,4-13H2,1-3H3. The maximum Gasteiger partial charge on any atom is 0.254 e. The molecule has 0 aromatic carbocycles. The minimum atomic E-state index is -0.125. The topological polar surface area (TPSA) is 32.8 Å². The number of hydrogen-bond acceptors (Lipinski definition) is 2. The van der Waals surface area contributed by atoms with E-state index in [1.54, 1.807) is 0 Å². The fourth-order valence-electron chi connectivity index (χ4n) is 2.60. The van der Waals surface area contributed by atoms with Crippen molar-refractivity contribution < 1.29 is 9.53 Å². The Balaban J connectivity index is 2.00. The Bertz CT molecular complexity index is 251. The summed E-state index contributed by atoms with van der Waals surface area (Å²) >= 11 is 0. The van der Waals surface area contributed by atoms with Crippen molar-refractivity contribution in [3.8, 4) is 0 Å². The third-order valence-corrected chi connectivity index (χ3v) is 3.99. The van der Waals surface area contributed by atoms with Crippen LogP contribution < -0.4 is 0 Å². The van der Waals surface area contributed by atoms with Crippen LogP contribution >= 0.6 is 0 Å². The molecule has 1 aliphatic heterocycles. The largest absolute Gasteiger partial charge is 0.359 e. The van der Waals surface area contributed by atoms with E-state index in [4.69, 9.17) is 4.74 Å². The van der Waals surface area contributed by atoms with Gasteiger partial charge >= 0.3 is 0 Å². The molecule has 2 unspecified atom stereocenters. The quantitative estimate of drug-likeness (QED) is 0.422. The summed E-state index contributed by atoms with van der Waals surface area (Å²) in [7, 11) is 0. The zero-order valence-corrected chi connectivity index (χ0v) is 13.0. The van der Waals surface area contributed by atoms with Crippen LogP contribution in [0.5, 0.6) is 0 Å². The first-order chi connectivity index (χ1) is 9.24. The second-order valence-electron chi connectivity index (χ2n) is 5.52. The number of carbonyl (C=O) groups is 1. The molecular formula is C16H31NO2. The van der Waals surface area contributed by atoms with Gasteiger partial charge in [-0.05, 0) is 20.3 Å². The summed E-state index contributed by atoms with van der Waals surface area (Å²) in [5.74, 6) is 0.193. The zero-order chi connectivity index (χ0) is 14.1. The minimum Gasteiger partial charge on any atom is -0.359 e. The molecule has 0 bridgehead atoms. The number of amides is 1. The van der Waals surface area contributed by atoms with E-state index < -0.39 is 0 Å². The van der Waals surface area contributed by atoms with E-state index in [1.807, 2.05) is 18.7 Å². The van der Waals surface area contributed by atoms with Crippen molar-refractivity contribution in [1.29, 1.82) is 0 Å². The molecule has 1 aliphatic rings. The fourth-order valence-corrected chi connectivity index (χ4v) is 2.60. The Morgan fingerprint density at radius 3 is 2.11 bits per heavy atom. The van der Waals surface area contributed by atoms with Crippen LogP contribution in [0.25, 0.3) is 0 Å². The molecule has 1 heterocycles. The molecule has 1 saturated heterocycles. The van der Waals surface area contributed by atoms with Crippen molar-refractivity contribution in [2.45, 2.75) is 84.3 Å². The van der Waals surface area contributed by atoms with Gasteiger partial charge in [0.2, 0.25) is 0 Å². The van der Waals surface area contributed by atoms with Gasteiger partial charge in [0.1, 0.15) is 0 Å². The summed E-state index contributed by atoms with van der Waals surface area (Å²) in [6, 6.07) is 0. The van der Waals surface area contributed by atoms with Gasteiger partial charge in [0.25, 0.3) is 5.91 Å². The van der Waals surface area contributed by atoms with Crippen LogP contribution in [0.15, 0.2) is 0 Å². The van der Waals surface area contributed by atoms with E-state index in [9.17, 15) is 4.79 Å². The van der Waals surface area contributed by atoms with Crippen molar-refractivity contribution in [3.05, 3.63) is 0 Å². The van der Waals surface area contributed by atoms with E-state index in [0.29, 0.717) is 0 Å². The molecule has 0 spiro atoms. The minimum absolute atomic E-state index is 0.125. The smallest absolute Gasteiger partial charge is 0.254 e. The molecule has 3 heteroatoms. The van der Waals surface area contributed by atoms with Crippen LogP contribution in [0.4, 0.5) is 0 Å². The number of likely N-dealkylation sites (N-methyl/N-ethyl adjacent to an activating group) is 1. The van der Waals surface area contributed by atoms with Crippen LogP contribution in [0.2, 0.25) is 0 Å². The lowest BCUT2D eigenvalue weighted by atomic mass is 10.1. The van der Waals surface area contributed by atoms with Crippen molar-refractivity contribution in [3.63, 3.8) is 0 Å². The summed E-state index contributed by atoms with van der Waals surface area (Å²) in [6.45, 7) is 7.88. The maximum absolute atomic E-state index is 12.0. The van der Waals surface area contributed by atoms with Gasteiger partial charge in [0.15, 0.2) is 6.10 Å². The predicted octanol–water partition coefficient (Wildman–Crippen LogP) is 3.76. The number of unbranched alkanes of at least 4 members (excludes halogenated alkanes) is 6. The zero-order valence-electron chi connectivity index (χ0n) is 13.0. The number of carbonyl (C=O) groups excluding carboxylic acids is 1. The molecule has 1 amide bonds. The van der Waals surface area contributed by atoms with E-state index >= 15 is 0 Å². The number of ether oxygens (including phenoxy) is 1. The average molecular weight is 269 g/mol. The SMILES string of the molecule is CCCCCCCCCC1OC1C(=O)N(CC)CC. The molecule has 1 fully saturated rings. The highest BCUT2D eigenvalue weighted by Crippen LogP contribution is 2.29. The second-order valence-corrected chi connectivity index (χ2v) is 5.52. The highest BCUT2D eigenvalue weighted by Gasteiger charge is 2.45. The number of rotatable bonds is 11. The molecule has 3 nitrogen and oxygen atoms in total. The average Bonchev–Trinajstić information content (AvgIpc) is 3.18. The normalized spacial score (nSPS) is 21.4. The molecule has 0 aromatic heterocycles. The number of nitrogens with zero attached hydrogens (tertiary/aromatic N) is 1. The van der Waals surface area contributed by atoms with Crippen LogP contribution in [0.1, 0.15) is 72.1 Å². The Hall–Kier alpha value is -0.570. The van der Waals surface area contributed by atoms with Gasteiger partial charge in [-0.15, -0.1) is 0 Å². The van der Waals surface area contributed by atoms with Crippen molar-refractivity contribution >= 4 is 5.91 Å². The van der Waals surface area contributed by atoms with Crippen LogP contribution in [-0.4, -0.2) is 36.1 Å². The third kappa shape index (κ3) is 5.94. The van der Waals surface area contributed by atoms with Gasteiger partial charge in [-0.2, -0.15) is 0 Å². The molecule has 0 N–H and O–H groups in total. The van der Waals surface area contributed by atoms with Gasteiger partial charge in [0.05, 0.1) is 6.10 Å². The molecule has 0 aromatic rings. The van der Waals surface area contributed by atoms with E-state index in [0.717, 1.165) is 19.5 Å². The summed E-state index contributed by atoms with van der Waals surface area (Å²) in [4.78, 5) is 13.9. The Morgan fingerprint density at radius 1 is 0.947 bits per heavy atom. The van der Waals surface area contributed by atoms with Gasteiger partial charge in [-0.3, -0.25) is 4.79 Å². The maximum atomic E-state index is 12.0. The third-order valence-electron chi connectivity index (χ3n) is 3.99. The molecule has 0 saturated carbocycles. The lowest BCUT2D eigenvalue weighted by Gasteiger charge is -2.17. The molecule has 1 rings (SSSR count). The predicted molar refractivity (Wildman–Crippen MR) is 79.2 cm³/mol. The first kappa shape index (κ1) is 16.5. The highest BCUT2D eigenvalue weighted by atomic mass is 16.6. The summed E-state index contributed by atoms with van der Waals surface area (Å²) in [5, 5.41) is 0. The Labute approximate surface area is 118 Å². The molecular weight excluding hydrogens is 238 g/mol. The molecule has 2 atom stereocenters. The summed E-state index contributed by atoms with van der Waals surface area (Å²) < 4.78 is 5.52. The van der Waals surface area contributed by atoms with E-state index in [2.05, 4.69) is 6.92 Å². The second kappa shape index (κ2) is 9.35. The van der Waals surface area contributed by atoms with Crippen LogP contribution in [-0.2, 0) is 9.53 Å². The summed E-state index contributed by atoms with van der Waals surface area (Å²) in [5.41, 5.74) is 0. The Morgan fingerprint density at radius 2 is 1.53 bits per heavy atom. The summed E-state index contributed by atoms with van der Waals surface area (Å²) in [6.07, 6.45) is 10.4. The molecule has 19 heavy (non-hydrogen) atoms. The van der Waals surface area contributed by atoms with Gasteiger partial charge < -0.3 is 9.64 Å². The lowest BCUT2D eigenvalue weighted by molar-refractivity contribution is -0.132. The first-order valence-corrected chi connectivity index (χ1v) is 8.18. The van der Waals surface area contributed by atoms with Crippen molar-refractivity contribution in [1.82, 2.24) is 4.90 Å². The number of hydrogen-bond donors (Lipinski definition) is 0. The number of epoxide rings is 1. The highest BCUT2D eigenvalue weighted by molar-refractivity contribution is 5.83. The fraction of sp³-hybridized carbons (Fsp3) is 0.938. The first-order valence-electron chi connectivity index (χ1n) is 8.18. The van der Waals surface area contributed by atoms with Crippen molar-refractivity contribution in [2.75, 3.05) is 13.1 Å². The van der Waals surface area contributed by atoms with Crippen LogP contribution in [0.3, 0.4) is 0 Å². The van der Waals surface area contributed by atoms with E-state index in [1.165, 1.54) is 44.9 Å². The molecule has 112 valence electrons. The Kier molecular flexibility index (Phi) is 8.11. The lowest BCUT2D eigenvalue weighted by Crippen LogP contribution is -2.34. The van der Waals surface area contributed by atoms with Crippen molar-refractivity contribution in [2.24, 2.45) is 0 Å². The molecule has 0 aliphatic carbocycles. The van der Waals surface area contributed by atoms with Crippen LogP contribution in [0, 0.1) is 0 Å². The van der Waals surface area contributed by atoms with Gasteiger partial charge in [-0.1, -0.05) is 51.9 Å². The van der Waals surface area contributed by atoms with E-state index in [-0.39, 0.29) is 18.1 Å². The van der Waals surface area contributed by atoms with Gasteiger partial charge in [0, 0.05) is 13.1 Å². The molecule has 0 radical (unpaired) electrons. The van der Waals surface area contributed by atoms with Gasteiger partial charge in [-0.25, -0.2) is 0 Å².